The fraction of sp³-hybridized carbons (Fsp3) is 0.222. The van der Waals surface area contributed by atoms with E-state index in [0.717, 1.165) is 11.3 Å². The van der Waals surface area contributed by atoms with Gasteiger partial charge in [0.05, 0.1) is 5.56 Å². The summed E-state index contributed by atoms with van der Waals surface area (Å²) in [6.07, 6.45) is 0. The van der Waals surface area contributed by atoms with Crippen molar-refractivity contribution in [3.05, 3.63) is 59.7 Å². The Kier molecular flexibility index (Phi) is 5.16. The molecule has 0 saturated carbocycles. The Morgan fingerprint density at radius 2 is 2.00 bits per heavy atom. The molecule has 112 valence electrons. The summed E-state index contributed by atoms with van der Waals surface area (Å²) in [5.41, 5.74) is 2.32. The summed E-state index contributed by atoms with van der Waals surface area (Å²) < 4.78 is 5.41. The fourth-order valence-corrected chi connectivity index (χ4v) is 2.00. The van der Waals surface area contributed by atoms with Crippen molar-refractivity contribution >= 4 is 11.6 Å². The maximum atomic E-state index is 11.9. The number of rotatable bonds is 5. The van der Waals surface area contributed by atoms with Crippen LogP contribution in [0.25, 0.3) is 0 Å². The van der Waals surface area contributed by atoms with Crippen LogP contribution in [0.15, 0.2) is 48.5 Å². The number of benzene rings is 2. The van der Waals surface area contributed by atoms with Gasteiger partial charge in [-0.25, -0.2) is 0 Å². The predicted octanol–water partition coefficient (Wildman–Crippen LogP) is 3.70. The number of para-hydroxylation sites is 1. The summed E-state index contributed by atoms with van der Waals surface area (Å²) in [6, 6.07) is 16.6. The normalized spacial score (nSPS) is 10.1. The number of nitriles is 1. The van der Waals surface area contributed by atoms with E-state index in [1.165, 1.54) is 0 Å². The van der Waals surface area contributed by atoms with E-state index in [-0.39, 0.29) is 12.5 Å². The van der Waals surface area contributed by atoms with Crippen LogP contribution in [0.5, 0.6) is 5.75 Å². The van der Waals surface area contributed by atoms with Gasteiger partial charge in [-0.05, 0) is 35.7 Å². The molecule has 2 rings (SSSR count). The average Bonchev–Trinajstić information content (AvgIpc) is 2.53. The molecule has 0 aromatic heterocycles. The minimum Gasteiger partial charge on any atom is -0.482 e. The van der Waals surface area contributed by atoms with E-state index in [1.807, 2.05) is 30.3 Å². The molecule has 0 aliphatic carbocycles. The monoisotopic (exact) mass is 294 g/mol. The maximum Gasteiger partial charge on any atom is 0.262 e. The van der Waals surface area contributed by atoms with E-state index >= 15 is 0 Å². The summed E-state index contributed by atoms with van der Waals surface area (Å²) in [7, 11) is 0. The van der Waals surface area contributed by atoms with E-state index in [9.17, 15) is 4.79 Å². The smallest absolute Gasteiger partial charge is 0.262 e. The second kappa shape index (κ2) is 7.28. The Hall–Kier alpha value is -2.80. The molecule has 0 aliphatic heterocycles. The van der Waals surface area contributed by atoms with Gasteiger partial charge in [0, 0.05) is 5.69 Å². The molecule has 0 saturated heterocycles. The molecule has 0 spiro atoms. The number of ether oxygens (including phenoxy) is 1. The Morgan fingerprint density at radius 3 is 2.73 bits per heavy atom. The van der Waals surface area contributed by atoms with Crippen LogP contribution < -0.4 is 10.1 Å². The molecule has 0 unspecified atom stereocenters. The predicted molar refractivity (Wildman–Crippen MR) is 85.8 cm³/mol. The zero-order chi connectivity index (χ0) is 15.9. The molecule has 1 amide bonds. The molecular formula is C18H18N2O2. The van der Waals surface area contributed by atoms with Crippen molar-refractivity contribution in [2.24, 2.45) is 0 Å². The molecule has 0 bridgehead atoms. The van der Waals surface area contributed by atoms with Gasteiger partial charge in [0.2, 0.25) is 0 Å². The summed E-state index contributed by atoms with van der Waals surface area (Å²) in [6.45, 7) is 4.07. The third-order valence-electron chi connectivity index (χ3n) is 3.20. The molecule has 22 heavy (non-hydrogen) atoms. The second-order valence-corrected chi connectivity index (χ2v) is 5.22. The van der Waals surface area contributed by atoms with Gasteiger partial charge in [0.15, 0.2) is 6.61 Å². The van der Waals surface area contributed by atoms with E-state index in [1.54, 1.807) is 24.3 Å². The maximum absolute atomic E-state index is 11.9. The van der Waals surface area contributed by atoms with Crippen molar-refractivity contribution in [1.82, 2.24) is 0 Å². The van der Waals surface area contributed by atoms with Gasteiger partial charge in [0.1, 0.15) is 11.8 Å². The topological polar surface area (TPSA) is 62.1 Å². The Morgan fingerprint density at radius 1 is 1.23 bits per heavy atom. The van der Waals surface area contributed by atoms with Crippen LogP contribution >= 0.6 is 0 Å². The van der Waals surface area contributed by atoms with Crippen LogP contribution in [0.4, 0.5) is 5.69 Å². The van der Waals surface area contributed by atoms with Gasteiger partial charge >= 0.3 is 0 Å². The van der Waals surface area contributed by atoms with E-state index in [4.69, 9.17) is 10.00 Å². The zero-order valence-electron chi connectivity index (χ0n) is 12.7. The molecular weight excluding hydrogens is 276 g/mol. The summed E-state index contributed by atoms with van der Waals surface area (Å²) in [5, 5.41) is 11.8. The number of hydrogen-bond acceptors (Lipinski definition) is 3. The second-order valence-electron chi connectivity index (χ2n) is 5.22. The summed E-state index contributed by atoms with van der Waals surface area (Å²) in [5.74, 6) is 0.556. The Bertz CT molecular complexity index is 702. The van der Waals surface area contributed by atoms with E-state index < -0.39 is 0 Å². The summed E-state index contributed by atoms with van der Waals surface area (Å²) in [4.78, 5) is 11.9. The summed E-state index contributed by atoms with van der Waals surface area (Å²) >= 11 is 0. The van der Waals surface area contributed by atoms with Crippen LogP contribution in [0.3, 0.4) is 0 Å². The lowest BCUT2D eigenvalue weighted by Gasteiger charge is -2.10. The molecule has 2 aromatic carbocycles. The van der Waals surface area contributed by atoms with Gasteiger partial charge in [-0.2, -0.15) is 5.26 Å². The first-order valence-corrected chi connectivity index (χ1v) is 7.12. The quantitative estimate of drug-likeness (QED) is 0.914. The fourth-order valence-electron chi connectivity index (χ4n) is 2.00. The van der Waals surface area contributed by atoms with Gasteiger partial charge in [-0.15, -0.1) is 0 Å². The van der Waals surface area contributed by atoms with Crippen molar-refractivity contribution in [2.75, 3.05) is 11.9 Å². The number of nitrogens with zero attached hydrogens (tertiary/aromatic N) is 1. The number of carbonyl (C=O) groups excluding carboxylic acids is 1. The van der Waals surface area contributed by atoms with Gasteiger partial charge in [-0.1, -0.05) is 38.1 Å². The first-order valence-electron chi connectivity index (χ1n) is 7.12. The standard InChI is InChI=1S/C18H18N2O2/c1-13(2)14-7-5-8-16(10-14)20-18(21)12-22-17-9-4-3-6-15(17)11-19/h3-10,13H,12H2,1-2H3,(H,20,21). The van der Waals surface area contributed by atoms with Crippen molar-refractivity contribution in [3.63, 3.8) is 0 Å². The molecule has 0 fully saturated rings. The highest BCUT2D eigenvalue weighted by Crippen LogP contribution is 2.19. The van der Waals surface area contributed by atoms with E-state index in [0.29, 0.717) is 17.2 Å². The molecule has 2 aromatic rings. The molecule has 1 N–H and O–H groups in total. The van der Waals surface area contributed by atoms with Gasteiger partial charge in [-0.3, -0.25) is 4.79 Å². The highest BCUT2D eigenvalue weighted by atomic mass is 16.5. The minimum absolute atomic E-state index is 0.134. The largest absolute Gasteiger partial charge is 0.482 e. The SMILES string of the molecule is CC(C)c1cccc(NC(=O)COc2ccccc2C#N)c1. The van der Waals surface area contributed by atoms with Crippen LogP contribution in [0.1, 0.15) is 30.9 Å². The van der Waals surface area contributed by atoms with Crippen LogP contribution in [-0.2, 0) is 4.79 Å². The number of hydrogen-bond donors (Lipinski definition) is 1. The highest BCUT2D eigenvalue weighted by molar-refractivity contribution is 5.92. The first-order chi connectivity index (χ1) is 10.6. The lowest BCUT2D eigenvalue weighted by Crippen LogP contribution is -2.20. The molecule has 0 heterocycles. The Labute approximate surface area is 130 Å². The lowest BCUT2D eigenvalue weighted by atomic mass is 10.0. The lowest BCUT2D eigenvalue weighted by molar-refractivity contribution is -0.118. The molecule has 0 atom stereocenters. The number of nitrogens with one attached hydrogen (secondary N) is 1. The average molecular weight is 294 g/mol. The van der Waals surface area contributed by atoms with Crippen molar-refractivity contribution in [3.8, 4) is 11.8 Å². The van der Waals surface area contributed by atoms with Crippen LogP contribution in [-0.4, -0.2) is 12.5 Å². The molecule has 0 aliphatic rings. The third kappa shape index (κ3) is 4.10. The number of carbonyl (C=O) groups is 1. The van der Waals surface area contributed by atoms with Crippen molar-refractivity contribution in [1.29, 1.82) is 5.26 Å². The molecule has 0 radical (unpaired) electrons. The van der Waals surface area contributed by atoms with Gasteiger partial charge in [0.25, 0.3) is 5.91 Å². The third-order valence-corrected chi connectivity index (χ3v) is 3.20. The first kappa shape index (κ1) is 15.6. The highest BCUT2D eigenvalue weighted by Gasteiger charge is 2.07. The molecule has 4 nitrogen and oxygen atoms in total. The van der Waals surface area contributed by atoms with E-state index in [2.05, 4.69) is 19.2 Å². The minimum atomic E-state index is -0.256. The van der Waals surface area contributed by atoms with Crippen molar-refractivity contribution in [2.45, 2.75) is 19.8 Å². The Balaban J connectivity index is 1.96. The zero-order valence-corrected chi connectivity index (χ0v) is 12.7. The number of amides is 1. The van der Waals surface area contributed by atoms with Crippen LogP contribution in [0, 0.1) is 11.3 Å². The van der Waals surface area contributed by atoms with Gasteiger partial charge < -0.3 is 10.1 Å². The van der Waals surface area contributed by atoms with Crippen molar-refractivity contribution < 1.29 is 9.53 Å². The van der Waals surface area contributed by atoms with Crippen LogP contribution in [0.2, 0.25) is 0 Å². The number of anilines is 1. The molecule has 4 heteroatoms.